The fraction of sp³-hybridized carbons (Fsp3) is 0.724. The van der Waals surface area contributed by atoms with Crippen molar-refractivity contribution in [2.24, 2.45) is 23.2 Å². The Bertz CT molecular complexity index is 733. The third-order valence-electron chi connectivity index (χ3n) is 9.33. The third kappa shape index (κ3) is 4.96. The number of hydrogen-bond acceptors (Lipinski definition) is 2. The van der Waals surface area contributed by atoms with Gasteiger partial charge in [0.15, 0.2) is 0 Å². The minimum Gasteiger partial charge on any atom is -0.388 e. The lowest BCUT2D eigenvalue weighted by Gasteiger charge is -2.44. The molecule has 0 aromatic heterocycles. The molecule has 2 nitrogen and oxygen atoms in total. The number of hydrogen-bond donors (Lipinski definition) is 2. The van der Waals surface area contributed by atoms with E-state index in [4.69, 9.17) is 0 Å². The molecule has 2 heteroatoms. The highest BCUT2D eigenvalue weighted by molar-refractivity contribution is 5.29. The summed E-state index contributed by atoms with van der Waals surface area (Å²) in [4.78, 5) is 0. The predicted octanol–water partition coefficient (Wildman–Crippen LogP) is 7.04. The SMILES string of the molecule is C=C1[C@H](O)CC(=CC=C2CCC[C@@]3(C)C2CCC3[C@@H](C)CCC=C2CCCC2)C[C@H]1O. The van der Waals surface area contributed by atoms with E-state index in [0.29, 0.717) is 29.7 Å². The molecule has 0 saturated heterocycles. The van der Waals surface area contributed by atoms with Crippen LogP contribution in [0.25, 0.3) is 0 Å². The topological polar surface area (TPSA) is 40.5 Å². The van der Waals surface area contributed by atoms with Crippen molar-refractivity contribution >= 4 is 0 Å². The van der Waals surface area contributed by atoms with E-state index in [0.717, 1.165) is 17.4 Å². The van der Waals surface area contributed by atoms with E-state index in [9.17, 15) is 10.2 Å². The number of rotatable bonds is 5. The van der Waals surface area contributed by atoms with Gasteiger partial charge < -0.3 is 10.2 Å². The Morgan fingerprint density at radius 1 is 1.00 bits per heavy atom. The van der Waals surface area contributed by atoms with Crippen LogP contribution in [0.15, 0.2) is 47.1 Å². The van der Waals surface area contributed by atoms with Crippen LogP contribution in [0, 0.1) is 23.2 Å². The molecule has 0 amide bonds. The summed E-state index contributed by atoms with van der Waals surface area (Å²) < 4.78 is 0. The quantitative estimate of drug-likeness (QED) is 0.464. The van der Waals surface area contributed by atoms with Crippen molar-refractivity contribution in [3.63, 3.8) is 0 Å². The molecule has 0 bridgehead atoms. The lowest BCUT2D eigenvalue weighted by atomic mass is 9.60. The largest absolute Gasteiger partial charge is 0.388 e. The summed E-state index contributed by atoms with van der Waals surface area (Å²) in [6.07, 6.45) is 21.9. The average molecular weight is 425 g/mol. The van der Waals surface area contributed by atoms with Gasteiger partial charge in [-0.05, 0) is 112 Å². The first kappa shape index (κ1) is 23.1. The second-order valence-corrected chi connectivity index (χ2v) is 11.3. The van der Waals surface area contributed by atoms with Crippen LogP contribution >= 0.6 is 0 Å². The minimum atomic E-state index is -0.596. The Labute approximate surface area is 190 Å². The lowest BCUT2D eigenvalue weighted by Crippen LogP contribution is -2.36. The highest BCUT2D eigenvalue weighted by Gasteiger charge is 2.50. The van der Waals surface area contributed by atoms with Gasteiger partial charge in [0, 0.05) is 0 Å². The third-order valence-corrected chi connectivity index (χ3v) is 9.33. The molecule has 0 aromatic rings. The van der Waals surface area contributed by atoms with E-state index in [1.54, 1.807) is 11.1 Å². The van der Waals surface area contributed by atoms with Crippen molar-refractivity contribution in [1.29, 1.82) is 0 Å². The van der Waals surface area contributed by atoms with Gasteiger partial charge in [0.05, 0.1) is 12.2 Å². The van der Waals surface area contributed by atoms with Crippen LogP contribution in [-0.4, -0.2) is 22.4 Å². The van der Waals surface area contributed by atoms with Crippen molar-refractivity contribution in [2.75, 3.05) is 0 Å². The van der Waals surface area contributed by atoms with Gasteiger partial charge in [0.1, 0.15) is 0 Å². The zero-order chi connectivity index (χ0) is 22.0. The molecule has 2 N–H and O–H groups in total. The summed E-state index contributed by atoms with van der Waals surface area (Å²) in [6.45, 7) is 8.94. The fourth-order valence-electron chi connectivity index (χ4n) is 7.42. The molecule has 4 aliphatic carbocycles. The van der Waals surface area contributed by atoms with Crippen molar-refractivity contribution in [1.82, 2.24) is 0 Å². The lowest BCUT2D eigenvalue weighted by molar-refractivity contribution is 0.0946. The van der Waals surface area contributed by atoms with Gasteiger partial charge in [0.2, 0.25) is 0 Å². The molecule has 4 aliphatic rings. The van der Waals surface area contributed by atoms with Gasteiger partial charge in [-0.3, -0.25) is 0 Å². The zero-order valence-corrected chi connectivity index (χ0v) is 19.9. The van der Waals surface area contributed by atoms with Crippen LogP contribution in [0.5, 0.6) is 0 Å². The molecule has 0 aromatic carbocycles. The molecule has 6 atom stereocenters. The number of aliphatic hydroxyl groups is 2. The zero-order valence-electron chi connectivity index (χ0n) is 19.9. The first-order chi connectivity index (χ1) is 14.9. The number of allylic oxidation sites excluding steroid dienone is 5. The summed E-state index contributed by atoms with van der Waals surface area (Å²) in [5, 5.41) is 20.3. The smallest absolute Gasteiger partial charge is 0.0809 e. The Balaban J connectivity index is 1.41. The van der Waals surface area contributed by atoms with E-state index >= 15 is 0 Å². The van der Waals surface area contributed by atoms with Crippen LogP contribution in [0.4, 0.5) is 0 Å². The molecule has 4 fully saturated rings. The summed E-state index contributed by atoms with van der Waals surface area (Å²) in [5.74, 6) is 2.37. The maximum absolute atomic E-state index is 10.2. The highest BCUT2D eigenvalue weighted by Crippen LogP contribution is 2.59. The Morgan fingerprint density at radius 3 is 2.42 bits per heavy atom. The van der Waals surface area contributed by atoms with Crippen molar-refractivity contribution in [3.8, 4) is 0 Å². The minimum absolute atomic E-state index is 0.447. The molecule has 2 unspecified atom stereocenters. The highest BCUT2D eigenvalue weighted by atomic mass is 16.3. The maximum Gasteiger partial charge on any atom is 0.0809 e. The van der Waals surface area contributed by atoms with Gasteiger partial charge in [-0.1, -0.05) is 55.4 Å². The molecule has 4 saturated carbocycles. The average Bonchev–Trinajstić information content (AvgIpc) is 3.37. The van der Waals surface area contributed by atoms with Crippen LogP contribution in [-0.2, 0) is 0 Å². The number of fused-ring (bicyclic) bond motifs is 1. The van der Waals surface area contributed by atoms with E-state index in [1.807, 2.05) is 0 Å². The van der Waals surface area contributed by atoms with Gasteiger partial charge in [-0.25, -0.2) is 0 Å². The fourth-order valence-corrected chi connectivity index (χ4v) is 7.42. The van der Waals surface area contributed by atoms with E-state index < -0.39 is 12.2 Å². The van der Waals surface area contributed by atoms with Gasteiger partial charge in [0.25, 0.3) is 0 Å². The second kappa shape index (κ2) is 9.79. The Hall–Kier alpha value is -1.12. The normalized spacial score (nSPS) is 38.5. The predicted molar refractivity (Wildman–Crippen MR) is 130 cm³/mol. The van der Waals surface area contributed by atoms with Gasteiger partial charge in [-0.15, -0.1) is 0 Å². The van der Waals surface area contributed by atoms with Crippen molar-refractivity contribution in [3.05, 3.63) is 47.1 Å². The monoisotopic (exact) mass is 424 g/mol. The standard InChI is InChI=1S/C29H44O2/c1-20(8-6-11-22-9-4-5-10-22)25-15-16-26-24(12-7-17-29(25,26)3)14-13-23-18-27(30)21(2)28(31)19-23/h11,13-14,20,25-28,30-31H,2,4-10,12,15-19H2,1,3H3/t20-,25?,26?,27+,28+,29+/m0/s1. The maximum atomic E-state index is 10.2. The molecular weight excluding hydrogens is 380 g/mol. The van der Waals surface area contributed by atoms with Crippen LogP contribution < -0.4 is 0 Å². The van der Waals surface area contributed by atoms with Crippen LogP contribution in [0.3, 0.4) is 0 Å². The van der Waals surface area contributed by atoms with E-state index in [1.165, 1.54) is 70.6 Å². The first-order valence-corrected chi connectivity index (χ1v) is 13.0. The molecule has 0 heterocycles. The summed E-state index contributed by atoms with van der Waals surface area (Å²) in [5.41, 5.74) is 5.53. The molecule has 4 rings (SSSR count). The molecule has 0 spiro atoms. The van der Waals surface area contributed by atoms with Crippen molar-refractivity contribution in [2.45, 2.75) is 110 Å². The molecule has 0 radical (unpaired) electrons. The van der Waals surface area contributed by atoms with Crippen molar-refractivity contribution < 1.29 is 10.2 Å². The molecule has 31 heavy (non-hydrogen) atoms. The van der Waals surface area contributed by atoms with Gasteiger partial charge >= 0.3 is 0 Å². The summed E-state index contributed by atoms with van der Waals surface area (Å²) >= 11 is 0. The van der Waals surface area contributed by atoms with Crippen LogP contribution in [0.2, 0.25) is 0 Å². The van der Waals surface area contributed by atoms with Crippen LogP contribution in [0.1, 0.15) is 97.3 Å². The van der Waals surface area contributed by atoms with E-state index in [-0.39, 0.29) is 0 Å². The van der Waals surface area contributed by atoms with Gasteiger partial charge in [-0.2, -0.15) is 0 Å². The summed E-state index contributed by atoms with van der Waals surface area (Å²) in [6, 6.07) is 0. The first-order valence-electron chi connectivity index (χ1n) is 13.0. The number of aliphatic hydroxyl groups excluding tert-OH is 2. The Morgan fingerprint density at radius 2 is 1.71 bits per heavy atom. The second-order valence-electron chi connectivity index (χ2n) is 11.3. The molecule has 0 aliphatic heterocycles. The molecular formula is C29H44O2. The summed E-state index contributed by atoms with van der Waals surface area (Å²) in [7, 11) is 0. The van der Waals surface area contributed by atoms with E-state index in [2.05, 4.69) is 38.7 Å². The molecule has 172 valence electrons. The Kier molecular flexibility index (Phi) is 7.28.